The second kappa shape index (κ2) is 5.16. The Bertz CT molecular complexity index is 588. The number of hydrogen-bond donors (Lipinski definition) is 0. The molecule has 0 bridgehead atoms. The largest absolute Gasteiger partial charge is 0.327 e. The highest BCUT2D eigenvalue weighted by atomic mass is 35.5. The van der Waals surface area contributed by atoms with Gasteiger partial charge in [-0.1, -0.05) is 31.9 Å². The number of aryl methyl sites for hydroxylation is 1. The Morgan fingerprint density at radius 2 is 2.21 bits per heavy atom. The van der Waals surface area contributed by atoms with Crippen LogP contribution in [0.5, 0.6) is 0 Å². The SMILES string of the molecule is Cc1cccc2c1nc(CCl)n2CC1CCCC1C. The summed E-state index contributed by atoms with van der Waals surface area (Å²) >= 11 is 6.09. The Hall–Kier alpha value is -1.02. The number of benzene rings is 1. The summed E-state index contributed by atoms with van der Waals surface area (Å²) in [6.45, 7) is 5.57. The lowest BCUT2D eigenvalue weighted by Crippen LogP contribution is -2.14. The van der Waals surface area contributed by atoms with E-state index < -0.39 is 0 Å². The van der Waals surface area contributed by atoms with Crippen molar-refractivity contribution in [2.45, 2.75) is 45.5 Å². The summed E-state index contributed by atoms with van der Waals surface area (Å²) in [6.07, 6.45) is 4.08. The van der Waals surface area contributed by atoms with Gasteiger partial charge in [0.25, 0.3) is 0 Å². The van der Waals surface area contributed by atoms with Crippen LogP contribution in [0, 0.1) is 18.8 Å². The van der Waals surface area contributed by atoms with Crippen LogP contribution in [-0.2, 0) is 12.4 Å². The molecule has 2 nitrogen and oxygen atoms in total. The first-order chi connectivity index (χ1) is 9.20. The molecule has 1 aliphatic carbocycles. The fourth-order valence-electron chi connectivity index (χ4n) is 3.37. The summed E-state index contributed by atoms with van der Waals surface area (Å²) in [5.74, 6) is 3.12. The Morgan fingerprint density at radius 1 is 1.37 bits per heavy atom. The molecule has 1 fully saturated rings. The van der Waals surface area contributed by atoms with Gasteiger partial charge < -0.3 is 4.57 Å². The minimum absolute atomic E-state index is 0.495. The maximum Gasteiger partial charge on any atom is 0.124 e. The Kier molecular flexibility index (Phi) is 3.53. The van der Waals surface area contributed by atoms with E-state index in [4.69, 9.17) is 16.6 Å². The molecule has 0 radical (unpaired) electrons. The molecular weight excluding hydrogens is 256 g/mol. The molecular formula is C16H21ClN2. The average molecular weight is 277 g/mol. The van der Waals surface area contributed by atoms with E-state index in [1.54, 1.807) is 0 Å². The van der Waals surface area contributed by atoms with Crippen LogP contribution in [0.15, 0.2) is 18.2 Å². The zero-order valence-electron chi connectivity index (χ0n) is 11.7. The molecule has 3 rings (SSSR count). The summed E-state index contributed by atoms with van der Waals surface area (Å²) in [5, 5.41) is 0. The van der Waals surface area contributed by atoms with E-state index in [9.17, 15) is 0 Å². The first-order valence-corrected chi connectivity index (χ1v) is 7.75. The number of fused-ring (bicyclic) bond motifs is 1. The molecule has 0 aliphatic heterocycles. The van der Waals surface area contributed by atoms with E-state index in [0.29, 0.717) is 5.88 Å². The molecule has 2 aromatic rings. The van der Waals surface area contributed by atoms with Gasteiger partial charge in [0.1, 0.15) is 5.82 Å². The van der Waals surface area contributed by atoms with Gasteiger partial charge in [-0.15, -0.1) is 11.6 Å². The van der Waals surface area contributed by atoms with Gasteiger partial charge in [-0.05, 0) is 36.8 Å². The smallest absolute Gasteiger partial charge is 0.124 e. The molecule has 102 valence electrons. The molecule has 1 heterocycles. The van der Waals surface area contributed by atoms with E-state index in [1.165, 1.54) is 30.3 Å². The summed E-state index contributed by atoms with van der Waals surface area (Å²) in [4.78, 5) is 4.73. The van der Waals surface area contributed by atoms with Crippen molar-refractivity contribution in [1.82, 2.24) is 9.55 Å². The van der Waals surface area contributed by atoms with Crippen molar-refractivity contribution in [1.29, 1.82) is 0 Å². The van der Waals surface area contributed by atoms with E-state index in [2.05, 4.69) is 36.6 Å². The minimum Gasteiger partial charge on any atom is -0.327 e. The molecule has 19 heavy (non-hydrogen) atoms. The van der Waals surface area contributed by atoms with E-state index in [0.717, 1.165) is 29.7 Å². The normalized spacial score (nSPS) is 23.3. The molecule has 1 saturated carbocycles. The van der Waals surface area contributed by atoms with Gasteiger partial charge in [-0.25, -0.2) is 4.98 Å². The standard InChI is InChI=1S/C16H21ClN2/c1-11-5-3-7-13(11)10-19-14-8-4-6-12(2)16(14)18-15(19)9-17/h4,6,8,11,13H,3,5,7,9-10H2,1-2H3. The number of halogens is 1. The molecule has 2 atom stereocenters. The van der Waals surface area contributed by atoms with Gasteiger partial charge in [0.2, 0.25) is 0 Å². The molecule has 0 amide bonds. The van der Waals surface area contributed by atoms with Crippen LogP contribution in [0.25, 0.3) is 11.0 Å². The van der Waals surface area contributed by atoms with Crippen LogP contribution < -0.4 is 0 Å². The summed E-state index contributed by atoms with van der Waals surface area (Å²) in [7, 11) is 0. The van der Waals surface area contributed by atoms with Crippen molar-refractivity contribution in [2.24, 2.45) is 11.8 Å². The van der Waals surface area contributed by atoms with Gasteiger partial charge in [0, 0.05) is 6.54 Å². The number of aromatic nitrogens is 2. The van der Waals surface area contributed by atoms with Gasteiger partial charge in [0.05, 0.1) is 16.9 Å². The monoisotopic (exact) mass is 276 g/mol. The topological polar surface area (TPSA) is 17.8 Å². The molecule has 1 aromatic heterocycles. The maximum absolute atomic E-state index is 6.09. The van der Waals surface area contributed by atoms with Gasteiger partial charge in [-0.2, -0.15) is 0 Å². The third-order valence-electron chi connectivity index (χ3n) is 4.64. The second-order valence-electron chi connectivity index (χ2n) is 5.88. The van der Waals surface area contributed by atoms with Crippen LogP contribution in [0.2, 0.25) is 0 Å². The second-order valence-corrected chi connectivity index (χ2v) is 6.15. The highest BCUT2D eigenvalue weighted by Gasteiger charge is 2.25. The van der Waals surface area contributed by atoms with Gasteiger partial charge in [0.15, 0.2) is 0 Å². The Morgan fingerprint density at radius 3 is 2.89 bits per heavy atom. The zero-order chi connectivity index (χ0) is 13.4. The fraction of sp³-hybridized carbons (Fsp3) is 0.562. The Balaban J connectivity index is 2.03. The van der Waals surface area contributed by atoms with Crippen molar-refractivity contribution in [3.05, 3.63) is 29.6 Å². The molecule has 0 saturated heterocycles. The number of para-hydroxylation sites is 1. The fourth-order valence-corrected chi connectivity index (χ4v) is 3.57. The summed E-state index contributed by atoms with van der Waals surface area (Å²) in [5.41, 5.74) is 3.60. The maximum atomic E-state index is 6.09. The minimum atomic E-state index is 0.495. The lowest BCUT2D eigenvalue weighted by atomic mass is 9.98. The molecule has 1 aliphatic rings. The van der Waals surface area contributed by atoms with E-state index >= 15 is 0 Å². The number of imidazole rings is 1. The van der Waals surface area contributed by atoms with Crippen LogP contribution in [0.4, 0.5) is 0 Å². The highest BCUT2D eigenvalue weighted by Crippen LogP contribution is 2.34. The molecule has 0 spiro atoms. The van der Waals surface area contributed by atoms with Gasteiger partial charge >= 0.3 is 0 Å². The average Bonchev–Trinajstić information content (AvgIpc) is 2.96. The molecule has 1 aromatic carbocycles. The van der Waals surface area contributed by atoms with Crippen molar-refractivity contribution < 1.29 is 0 Å². The van der Waals surface area contributed by atoms with Crippen molar-refractivity contribution in [3.8, 4) is 0 Å². The van der Waals surface area contributed by atoms with E-state index in [-0.39, 0.29) is 0 Å². The highest BCUT2D eigenvalue weighted by molar-refractivity contribution is 6.16. The molecule has 0 N–H and O–H groups in total. The van der Waals surface area contributed by atoms with Crippen LogP contribution >= 0.6 is 11.6 Å². The first-order valence-electron chi connectivity index (χ1n) is 7.21. The molecule has 3 heteroatoms. The number of alkyl halides is 1. The lowest BCUT2D eigenvalue weighted by molar-refractivity contribution is 0.364. The number of nitrogens with zero attached hydrogens (tertiary/aromatic N) is 2. The lowest BCUT2D eigenvalue weighted by Gasteiger charge is -2.18. The van der Waals surface area contributed by atoms with Crippen LogP contribution in [0.3, 0.4) is 0 Å². The molecule has 2 unspecified atom stereocenters. The summed E-state index contributed by atoms with van der Waals surface area (Å²) in [6, 6.07) is 6.41. The zero-order valence-corrected chi connectivity index (χ0v) is 12.5. The predicted molar refractivity (Wildman–Crippen MR) is 80.5 cm³/mol. The van der Waals surface area contributed by atoms with Crippen LogP contribution in [-0.4, -0.2) is 9.55 Å². The third-order valence-corrected chi connectivity index (χ3v) is 4.87. The van der Waals surface area contributed by atoms with E-state index in [1.807, 2.05) is 0 Å². The third kappa shape index (κ3) is 2.27. The van der Waals surface area contributed by atoms with Crippen molar-refractivity contribution in [2.75, 3.05) is 0 Å². The quantitative estimate of drug-likeness (QED) is 0.754. The Labute approximate surface area is 119 Å². The summed E-state index contributed by atoms with van der Waals surface area (Å²) < 4.78 is 2.35. The number of rotatable bonds is 3. The first kappa shape index (κ1) is 13.0. The number of hydrogen-bond acceptors (Lipinski definition) is 1. The van der Waals surface area contributed by atoms with Crippen molar-refractivity contribution >= 4 is 22.6 Å². The van der Waals surface area contributed by atoms with Crippen molar-refractivity contribution in [3.63, 3.8) is 0 Å². The van der Waals surface area contributed by atoms with Crippen LogP contribution in [0.1, 0.15) is 37.6 Å². The van der Waals surface area contributed by atoms with Gasteiger partial charge in [-0.3, -0.25) is 0 Å². The predicted octanol–water partition coefficient (Wildman–Crippen LogP) is 4.52.